The van der Waals surface area contributed by atoms with Gasteiger partial charge in [0.2, 0.25) is 0 Å². The van der Waals surface area contributed by atoms with Crippen molar-refractivity contribution in [1.29, 1.82) is 0 Å². The molecule has 0 aliphatic carbocycles. The molecule has 0 saturated carbocycles. The molecule has 1 saturated heterocycles. The largest absolute Gasteiger partial charge is 0.497 e. The van der Waals surface area contributed by atoms with Gasteiger partial charge in [-0.1, -0.05) is 18.2 Å². The standard InChI is InChI=1S/C17H19ClO2/c1-17(11-15(18)7-8-20-17)14-5-3-13-10-16(19-2)6-4-12(13)9-14/h3-6,9-10,15H,7-8,11H2,1-2H3. The summed E-state index contributed by atoms with van der Waals surface area (Å²) < 4.78 is 11.3. The van der Waals surface area contributed by atoms with E-state index >= 15 is 0 Å². The maximum atomic E-state index is 6.31. The minimum atomic E-state index is -0.279. The highest BCUT2D eigenvalue weighted by Gasteiger charge is 2.34. The number of rotatable bonds is 2. The van der Waals surface area contributed by atoms with Gasteiger partial charge in [0.05, 0.1) is 12.7 Å². The molecular formula is C17H19ClO2. The van der Waals surface area contributed by atoms with E-state index < -0.39 is 0 Å². The highest BCUT2D eigenvalue weighted by atomic mass is 35.5. The van der Waals surface area contributed by atoms with Gasteiger partial charge in [0.25, 0.3) is 0 Å². The first-order valence-corrected chi connectivity index (χ1v) is 7.41. The first kappa shape index (κ1) is 13.7. The monoisotopic (exact) mass is 290 g/mol. The normalized spacial score (nSPS) is 26.6. The van der Waals surface area contributed by atoms with Crippen LogP contribution in [0.3, 0.4) is 0 Å². The van der Waals surface area contributed by atoms with Gasteiger partial charge in [-0.2, -0.15) is 0 Å². The molecule has 2 aromatic carbocycles. The predicted molar refractivity (Wildman–Crippen MR) is 82.7 cm³/mol. The molecule has 0 N–H and O–H groups in total. The summed E-state index contributed by atoms with van der Waals surface area (Å²) in [6.45, 7) is 2.86. The fourth-order valence-corrected chi connectivity index (χ4v) is 3.26. The Bertz CT molecular complexity index is 625. The Balaban J connectivity index is 2.00. The lowest BCUT2D eigenvalue weighted by Gasteiger charge is -2.36. The summed E-state index contributed by atoms with van der Waals surface area (Å²) in [5, 5.41) is 2.57. The minimum Gasteiger partial charge on any atom is -0.497 e. The molecule has 0 spiro atoms. The smallest absolute Gasteiger partial charge is 0.119 e. The molecule has 106 valence electrons. The third-order valence-electron chi connectivity index (χ3n) is 4.12. The van der Waals surface area contributed by atoms with Crippen LogP contribution in [0, 0.1) is 0 Å². The Morgan fingerprint density at radius 1 is 1.20 bits per heavy atom. The summed E-state index contributed by atoms with van der Waals surface area (Å²) in [5.74, 6) is 0.881. The summed E-state index contributed by atoms with van der Waals surface area (Å²) in [4.78, 5) is 0. The molecule has 1 heterocycles. The summed E-state index contributed by atoms with van der Waals surface area (Å²) >= 11 is 6.31. The Labute approximate surface area is 124 Å². The van der Waals surface area contributed by atoms with Crippen molar-refractivity contribution in [1.82, 2.24) is 0 Å². The van der Waals surface area contributed by atoms with Crippen molar-refractivity contribution >= 4 is 22.4 Å². The highest BCUT2D eigenvalue weighted by Crippen LogP contribution is 2.38. The molecule has 3 heteroatoms. The van der Waals surface area contributed by atoms with E-state index in [1.807, 2.05) is 12.1 Å². The zero-order valence-electron chi connectivity index (χ0n) is 11.9. The first-order chi connectivity index (χ1) is 9.60. The van der Waals surface area contributed by atoms with E-state index in [1.54, 1.807) is 7.11 Å². The molecule has 2 aromatic rings. The molecule has 0 bridgehead atoms. The maximum Gasteiger partial charge on any atom is 0.119 e. The number of fused-ring (bicyclic) bond motifs is 1. The molecule has 3 rings (SSSR count). The second kappa shape index (κ2) is 5.27. The zero-order valence-corrected chi connectivity index (χ0v) is 12.6. The van der Waals surface area contributed by atoms with Crippen LogP contribution in [0.5, 0.6) is 5.75 Å². The van der Waals surface area contributed by atoms with Gasteiger partial charge in [0.1, 0.15) is 5.75 Å². The lowest BCUT2D eigenvalue weighted by Crippen LogP contribution is -2.35. The fourth-order valence-electron chi connectivity index (χ4n) is 2.88. The molecular weight excluding hydrogens is 272 g/mol. The van der Waals surface area contributed by atoms with E-state index in [-0.39, 0.29) is 11.0 Å². The van der Waals surface area contributed by atoms with E-state index in [9.17, 15) is 0 Å². The van der Waals surface area contributed by atoms with Gasteiger partial charge >= 0.3 is 0 Å². The number of halogens is 1. The summed E-state index contributed by atoms with van der Waals surface area (Å²) in [6.07, 6.45) is 1.79. The van der Waals surface area contributed by atoms with Gasteiger partial charge in [-0.05, 0) is 54.3 Å². The van der Waals surface area contributed by atoms with Crippen molar-refractivity contribution in [2.24, 2.45) is 0 Å². The Hall–Kier alpha value is -1.25. The zero-order chi connectivity index (χ0) is 14.2. The van der Waals surface area contributed by atoms with Gasteiger partial charge < -0.3 is 9.47 Å². The van der Waals surface area contributed by atoms with Crippen LogP contribution in [-0.2, 0) is 10.3 Å². The van der Waals surface area contributed by atoms with Crippen LogP contribution in [0.15, 0.2) is 36.4 Å². The Morgan fingerprint density at radius 3 is 2.70 bits per heavy atom. The van der Waals surface area contributed by atoms with Crippen LogP contribution in [0.1, 0.15) is 25.3 Å². The van der Waals surface area contributed by atoms with Crippen molar-refractivity contribution in [3.8, 4) is 5.75 Å². The molecule has 0 amide bonds. The Kier molecular flexibility index (Phi) is 3.61. The first-order valence-electron chi connectivity index (χ1n) is 6.97. The summed E-state index contributed by atoms with van der Waals surface area (Å²) in [7, 11) is 1.69. The number of alkyl halides is 1. The molecule has 2 nitrogen and oxygen atoms in total. The van der Waals surface area contributed by atoms with Crippen molar-refractivity contribution in [2.75, 3.05) is 13.7 Å². The predicted octanol–water partition coefficient (Wildman–Crippen LogP) is 4.48. The van der Waals surface area contributed by atoms with Crippen LogP contribution in [0.2, 0.25) is 0 Å². The molecule has 20 heavy (non-hydrogen) atoms. The third kappa shape index (κ3) is 2.50. The SMILES string of the molecule is COc1ccc2cc(C3(C)CC(Cl)CCO3)ccc2c1. The maximum absolute atomic E-state index is 6.31. The van der Waals surface area contributed by atoms with Crippen molar-refractivity contribution < 1.29 is 9.47 Å². The second-order valence-corrected chi connectivity index (χ2v) is 6.21. The van der Waals surface area contributed by atoms with E-state index in [0.29, 0.717) is 0 Å². The average Bonchev–Trinajstić information content (AvgIpc) is 2.46. The third-order valence-corrected chi connectivity index (χ3v) is 4.49. The number of methoxy groups -OCH3 is 1. The minimum absolute atomic E-state index is 0.195. The van der Waals surface area contributed by atoms with E-state index in [0.717, 1.165) is 25.2 Å². The molecule has 2 atom stereocenters. The molecule has 1 aliphatic rings. The van der Waals surface area contributed by atoms with Gasteiger partial charge in [0, 0.05) is 12.0 Å². The summed E-state index contributed by atoms with van der Waals surface area (Å²) in [5.41, 5.74) is 0.916. The van der Waals surface area contributed by atoms with E-state index in [1.165, 1.54) is 16.3 Å². The fraction of sp³-hybridized carbons (Fsp3) is 0.412. The lowest BCUT2D eigenvalue weighted by molar-refractivity contribution is -0.0683. The number of hydrogen-bond donors (Lipinski definition) is 0. The van der Waals surface area contributed by atoms with Gasteiger partial charge in [-0.25, -0.2) is 0 Å². The number of hydrogen-bond acceptors (Lipinski definition) is 2. The number of benzene rings is 2. The van der Waals surface area contributed by atoms with Crippen molar-refractivity contribution in [2.45, 2.75) is 30.7 Å². The Morgan fingerprint density at radius 2 is 1.95 bits per heavy atom. The second-order valence-electron chi connectivity index (χ2n) is 5.60. The van der Waals surface area contributed by atoms with Crippen LogP contribution in [-0.4, -0.2) is 19.1 Å². The molecule has 2 unspecified atom stereocenters. The van der Waals surface area contributed by atoms with E-state index in [4.69, 9.17) is 21.1 Å². The van der Waals surface area contributed by atoms with Gasteiger partial charge in [-0.15, -0.1) is 11.6 Å². The van der Waals surface area contributed by atoms with Gasteiger partial charge in [-0.3, -0.25) is 0 Å². The summed E-state index contributed by atoms with van der Waals surface area (Å²) in [6, 6.07) is 12.6. The van der Waals surface area contributed by atoms with E-state index in [2.05, 4.69) is 31.2 Å². The average molecular weight is 291 g/mol. The van der Waals surface area contributed by atoms with Crippen molar-refractivity contribution in [3.05, 3.63) is 42.0 Å². The topological polar surface area (TPSA) is 18.5 Å². The van der Waals surface area contributed by atoms with Crippen molar-refractivity contribution in [3.63, 3.8) is 0 Å². The highest BCUT2D eigenvalue weighted by molar-refractivity contribution is 6.20. The van der Waals surface area contributed by atoms with Crippen LogP contribution in [0.25, 0.3) is 10.8 Å². The molecule has 1 aliphatic heterocycles. The molecule has 1 fully saturated rings. The quantitative estimate of drug-likeness (QED) is 0.759. The number of ether oxygens (including phenoxy) is 2. The van der Waals surface area contributed by atoms with Gasteiger partial charge in [0.15, 0.2) is 0 Å². The van der Waals surface area contributed by atoms with Crippen LogP contribution in [0.4, 0.5) is 0 Å². The molecule has 0 aromatic heterocycles. The van der Waals surface area contributed by atoms with Crippen LogP contribution < -0.4 is 4.74 Å². The van der Waals surface area contributed by atoms with Crippen LogP contribution >= 0.6 is 11.6 Å². The lowest BCUT2D eigenvalue weighted by atomic mass is 9.87. The molecule has 0 radical (unpaired) electrons.